The Morgan fingerprint density at radius 2 is 1.52 bits per heavy atom. The summed E-state index contributed by atoms with van der Waals surface area (Å²) in [5, 5.41) is 2.49. The summed E-state index contributed by atoms with van der Waals surface area (Å²) in [4.78, 5) is 12.9. The van der Waals surface area contributed by atoms with E-state index in [1.807, 2.05) is 54.6 Å². The molecular weight excluding hydrogens is 280 g/mol. The van der Waals surface area contributed by atoms with Gasteiger partial charge in [-0.15, -0.1) is 0 Å². The van der Waals surface area contributed by atoms with Gasteiger partial charge in [-0.2, -0.15) is 0 Å². The third-order valence-electron chi connectivity index (χ3n) is 3.76. The molecule has 0 radical (unpaired) electrons. The monoisotopic (exact) mass is 294 g/mol. The van der Waals surface area contributed by atoms with E-state index in [4.69, 9.17) is 11.6 Å². The molecule has 0 spiro atoms. The molecule has 3 aromatic carbocycles. The Morgan fingerprint density at radius 3 is 2.29 bits per heavy atom. The number of aryl methyl sites for hydroxylation is 1. The third-order valence-corrected chi connectivity index (χ3v) is 4.09. The van der Waals surface area contributed by atoms with Crippen LogP contribution in [0, 0.1) is 0 Å². The molecule has 0 aliphatic heterocycles. The maximum absolute atomic E-state index is 12.9. The van der Waals surface area contributed by atoms with Crippen molar-refractivity contribution in [3.63, 3.8) is 0 Å². The summed E-state index contributed by atoms with van der Waals surface area (Å²) in [6.45, 7) is 2.06. The molecule has 21 heavy (non-hydrogen) atoms. The number of fused-ring (bicyclic) bond motifs is 1. The summed E-state index contributed by atoms with van der Waals surface area (Å²) in [7, 11) is 0. The first-order valence-corrected chi connectivity index (χ1v) is 7.40. The van der Waals surface area contributed by atoms with Crippen LogP contribution >= 0.6 is 11.6 Å². The molecular formula is C19H15ClO. The summed E-state index contributed by atoms with van der Waals surface area (Å²) in [6.07, 6.45) is 0.841. The number of ketones is 1. The zero-order valence-electron chi connectivity index (χ0n) is 11.8. The lowest BCUT2D eigenvalue weighted by molar-refractivity contribution is 0.103. The van der Waals surface area contributed by atoms with E-state index in [0.717, 1.165) is 28.3 Å². The van der Waals surface area contributed by atoms with Crippen LogP contribution < -0.4 is 0 Å². The number of hydrogen-bond donors (Lipinski definition) is 0. The fraction of sp³-hybridized carbons (Fsp3) is 0.105. The van der Waals surface area contributed by atoms with E-state index in [2.05, 4.69) is 6.92 Å². The highest BCUT2D eigenvalue weighted by Gasteiger charge is 2.15. The minimum atomic E-state index is 0.0558. The van der Waals surface area contributed by atoms with E-state index in [1.54, 1.807) is 6.07 Å². The Labute approximate surface area is 129 Å². The predicted octanol–water partition coefficient (Wildman–Crippen LogP) is 5.29. The minimum absolute atomic E-state index is 0.0558. The van der Waals surface area contributed by atoms with Gasteiger partial charge < -0.3 is 0 Å². The largest absolute Gasteiger partial charge is 0.289 e. The second-order valence-electron chi connectivity index (χ2n) is 4.98. The van der Waals surface area contributed by atoms with Crippen LogP contribution in [0.1, 0.15) is 28.4 Å². The molecule has 0 fully saturated rings. The van der Waals surface area contributed by atoms with E-state index in [-0.39, 0.29) is 5.78 Å². The van der Waals surface area contributed by atoms with E-state index < -0.39 is 0 Å². The van der Waals surface area contributed by atoms with Gasteiger partial charge >= 0.3 is 0 Å². The fourth-order valence-electron chi connectivity index (χ4n) is 2.66. The fourth-order valence-corrected chi connectivity index (χ4v) is 2.88. The minimum Gasteiger partial charge on any atom is -0.289 e. The van der Waals surface area contributed by atoms with Gasteiger partial charge in [0.2, 0.25) is 0 Å². The van der Waals surface area contributed by atoms with Gasteiger partial charge in [-0.25, -0.2) is 0 Å². The molecule has 0 saturated carbocycles. The van der Waals surface area contributed by atoms with Crippen LogP contribution in [0.3, 0.4) is 0 Å². The van der Waals surface area contributed by atoms with Crippen molar-refractivity contribution in [1.29, 1.82) is 0 Å². The standard InChI is InChI=1S/C19H15ClO/c1-2-13-7-3-4-8-14(13)19(21)17-11-12-18(20)16-10-6-5-9-15(16)17/h3-12H,2H2,1H3. The number of hydrogen-bond acceptors (Lipinski definition) is 1. The van der Waals surface area contributed by atoms with Crippen molar-refractivity contribution in [2.75, 3.05) is 0 Å². The second-order valence-corrected chi connectivity index (χ2v) is 5.39. The Balaban J connectivity index is 2.21. The highest BCUT2D eigenvalue weighted by molar-refractivity contribution is 6.36. The summed E-state index contributed by atoms with van der Waals surface area (Å²) in [6, 6.07) is 19.1. The Bertz CT molecular complexity index is 821. The van der Waals surface area contributed by atoms with Gasteiger partial charge in [0.15, 0.2) is 5.78 Å². The predicted molar refractivity (Wildman–Crippen MR) is 88.2 cm³/mol. The number of halogens is 1. The van der Waals surface area contributed by atoms with Gasteiger partial charge in [0, 0.05) is 21.5 Å². The summed E-state index contributed by atoms with van der Waals surface area (Å²) in [5.41, 5.74) is 2.55. The van der Waals surface area contributed by atoms with Crippen molar-refractivity contribution in [3.05, 3.63) is 82.4 Å². The lowest BCUT2D eigenvalue weighted by Gasteiger charge is -2.10. The zero-order valence-corrected chi connectivity index (χ0v) is 12.5. The molecule has 0 saturated heterocycles. The van der Waals surface area contributed by atoms with Crippen molar-refractivity contribution in [2.45, 2.75) is 13.3 Å². The number of carbonyl (C=O) groups excluding carboxylic acids is 1. The normalized spacial score (nSPS) is 10.8. The highest BCUT2D eigenvalue weighted by Crippen LogP contribution is 2.28. The smallest absolute Gasteiger partial charge is 0.193 e. The van der Waals surface area contributed by atoms with Crippen LogP contribution in [0.25, 0.3) is 10.8 Å². The lowest BCUT2D eigenvalue weighted by atomic mass is 9.93. The Kier molecular flexibility index (Phi) is 3.76. The molecule has 0 aliphatic carbocycles. The van der Waals surface area contributed by atoms with E-state index >= 15 is 0 Å². The maximum atomic E-state index is 12.9. The molecule has 0 heterocycles. The van der Waals surface area contributed by atoms with Crippen molar-refractivity contribution < 1.29 is 4.79 Å². The number of benzene rings is 3. The first kappa shape index (κ1) is 13.8. The SMILES string of the molecule is CCc1ccccc1C(=O)c1ccc(Cl)c2ccccc12. The maximum Gasteiger partial charge on any atom is 0.193 e. The van der Waals surface area contributed by atoms with Crippen LogP contribution in [0.2, 0.25) is 5.02 Å². The van der Waals surface area contributed by atoms with Crippen LogP contribution in [-0.2, 0) is 6.42 Å². The molecule has 0 amide bonds. The molecule has 0 bridgehead atoms. The molecule has 0 aliphatic rings. The van der Waals surface area contributed by atoms with Crippen molar-refractivity contribution in [1.82, 2.24) is 0 Å². The van der Waals surface area contributed by atoms with Crippen LogP contribution in [0.5, 0.6) is 0 Å². The van der Waals surface area contributed by atoms with Crippen LogP contribution in [-0.4, -0.2) is 5.78 Å². The van der Waals surface area contributed by atoms with Gasteiger partial charge in [-0.1, -0.05) is 67.1 Å². The summed E-state index contributed by atoms with van der Waals surface area (Å²) in [5.74, 6) is 0.0558. The topological polar surface area (TPSA) is 17.1 Å². The molecule has 3 aromatic rings. The van der Waals surface area contributed by atoms with Gasteiger partial charge in [-0.3, -0.25) is 4.79 Å². The Morgan fingerprint density at radius 1 is 0.857 bits per heavy atom. The van der Waals surface area contributed by atoms with Crippen LogP contribution in [0.4, 0.5) is 0 Å². The molecule has 104 valence electrons. The van der Waals surface area contributed by atoms with Crippen molar-refractivity contribution in [3.8, 4) is 0 Å². The van der Waals surface area contributed by atoms with Gasteiger partial charge in [0.25, 0.3) is 0 Å². The average molecular weight is 295 g/mol. The number of carbonyl (C=O) groups is 1. The van der Waals surface area contributed by atoms with Gasteiger partial charge in [-0.05, 0) is 29.5 Å². The van der Waals surface area contributed by atoms with Gasteiger partial charge in [0.1, 0.15) is 0 Å². The second kappa shape index (κ2) is 5.71. The van der Waals surface area contributed by atoms with E-state index in [1.165, 1.54) is 0 Å². The summed E-state index contributed by atoms with van der Waals surface area (Å²) < 4.78 is 0. The lowest BCUT2D eigenvalue weighted by Crippen LogP contribution is -2.05. The average Bonchev–Trinajstić information content (AvgIpc) is 2.55. The zero-order chi connectivity index (χ0) is 14.8. The first-order valence-electron chi connectivity index (χ1n) is 7.02. The molecule has 0 N–H and O–H groups in total. The van der Waals surface area contributed by atoms with Gasteiger partial charge in [0.05, 0.1) is 0 Å². The Hall–Kier alpha value is -2.12. The van der Waals surface area contributed by atoms with E-state index in [0.29, 0.717) is 10.6 Å². The molecule has 0 unspecified atom stereocenters. The molecule has 1 nitrogen and oxygen atoms in total. The van der Waals surface area contributed by atoms with Crippen LogP contribution in [0.15, 0.2) is 60.7 Å². The molecule has 2 heteroatoms. The third kappa shape index (κ3) is 2.45. The highest BCUT2D eigenvalue weighted by atomic mass is 35.5. The van der Waals surface area contributed by atoms with Crippen molar-refractivity contribution >= 4 is 28.2 Å². The van der Waals surface area contributed by atoms with E-state index in [9.17, 15) is 4.79 Å². The quantitative estimate of drug-likeness (QED) is 0.600. The first-order chi connectivity index (χ1) is 10.2. The molecule has 0 aromatic heterocycles. The van der Waals surface area contributed by atoms with Crippen molar-refractivity contribution in [2.24, 2.45) is 0 Å². The molecule has 3 rings (SSSR count). The summed E-state index contributed by atoms with van der Waals surface area (Å²) >= 11 is 6.23. The molecule has 0 atom stereocenters. The number of rotatable bonds is 3.